The van der Waals surface area contributed by atoms with Crippen LogP contribution < -0.4 is 4.90 Å². The molecule has 1 saturated heterocycles. The van der Waals surface area contributed by atoms with E-state index in [0.717, 1.165) is 41.1 Å². The second-order valence-corrected chi connectivity index (χ2v) is 8.54. The lowest BCUT2D eigenvalue weighted by molar-refractivity contribution is -0.117. The second-order valence-electron chi connectivity index (χ2n) is 8.54. The Hall–Kier alpha value is -3.40. The van der Waals surface area contributed by atoms with Crippen molar-refractivity contribution in [2.24, 2.45) is 0 Å². The summed E-state index contributed by atoms with van der Waals surface area (Å²) < 4.78 is 2.33. The zero-order valence-corrected chi connectivity index (χ0v) is 18.1. The van der Waals surface area contributed by atoms with Crippen molar-refractivity contribution in [3.8, 4) is 0 Å². The number of amides is 1. The summed E-state index contributed by atoms with van der Waals surface area (Å²) in [4.78, 5) is 20.0. The summed E-state index contributed by atoms with van der Waals surface area (Å²) in [6.45, 7) is 5.68. The number of aromatic nitrogens is 2. The second kappa shape index (κ2) is 8.03. The number of anilines is 1. The average molecular weight is 410 g/mol. The fourth-order valence-electron chi connectivity index (χ4n) is 4.65. The first-order valence-corrected chi connectivity index (χ1v) is 11.0. The van der Waals surface area contributed by atoms with Gasteiger partial charge in [0, 0.05) is 31.1 Å². The average Bonchev–Trinajstić information content (AvgIpc) is 3.35. The number of hydrogen-bond donors (Lipinski definition) is 0. The van der Waals surface area contributed by atoms with E-state index in [-0.39, 0.29) is 11.8 Å². The number of rotatable bonds is 5. The molecule has 4 aromatic rings. The monoisotopic (exact) mass is 409 g/mol. The Labute approximate surface area is 183 Å². The van der Waals surface area contributed by atoms with Gasteiger partial charge in [-0.15, -0.1) is 0 Å². The number of aryl methyl sites for hydroxylation is 4. The van der Waals surface area contributed by atoms with E-state index < -0.39 is 0 Å². The molecule has 1 fully saturated rings. The lowest BCUT2D eigenvalue weighted by Crippen LogP contribution is -2.25. The lowest BCUT2D eigenvalue weighted by Gasteiger charge is -2.20. The van der Waals surface area contributed by atoms with Crippen LogP contribution in [-0.2, 0) is 17.8 Å². The van der Waals surface area contributed by atoms with E-state index in [1.807, 2.05) is 17.0 Å². The molecule has 0 bridgehead atoms. The van der Waals surface area contributed by atoms with Gasteiger partial charge in [0.25, 0.3) is 0 Å². The number of fused-ring (bicyclic) bond motifs is 1. The third-order valence-electron chi connectivity index (χ3n) is 6.30. The fourth-order valence-corrected chi connectivity index (χ4v) is 4.65. The van der Waals surface area contributed by atoms with Crippen molar-refractivity contribution in [1.29, 1.82) is 0 Å². The quantitative estimate of drug-likeness (QED) is 0.442. The molecule has 4 heteroatoms. The normalized spacial score (nSPS) is 16.4. The van der Waals surface area contributed by atoms with Crippen LogP contribution in [-0.4, -0.2) is 22.0 Å². The van der Waals surface area contributed by atoms with Gasteiger partial charge in [-0.2, -0.15) is 0 Å². The minimum Gasteiger partial charge on any atom is -0.327 e. The minimum absolute atomic E-state index is 0.0931. The first-order chi connectivity index (χ1) is 15.1. The third-order valence-corrected chi connectivity index (χ3v) is 6.30. The highest BCUT2D eigenvalue weighted by atomic mass is 16.2. The summed E-state index contributed by atoms with van der Waals surface area (Å²) in [6, 6.07) is 25.2. The molecule has 5 rings (SSSR count). The smallest absolute Gasteiger partial charge is 0.227 e. The van der Waals surface area contributed by atoms with Crippen molar-refractivity contribution >= 4 is 22.6 Å². The number of nitrogens with zero attached hydrogens (tertiary/aromatic N) is 3. The number of benzene rings is 3. The van der Waals surface area contributed by atoms with E-state index in [1.54, 1.807) is 0 Å². The molecule has 156 valence electrons. The Morgan fingerprint density at radius 1 is 0.968 bits per heavy atom. The molecule has 0 spiro atoms. The predicted molar refractivity (Wildman–Crippen MR) is 126 cm³/mol. The van der Waals surface area contributed by atoms with Crippen molar-refractivity contribution in [3.05, 3.63) is 95.3 Å². The number of hydrogen-bond acceptors (Lipinski definition) is 2. The standard InChI is InChI=1S/C27H27N3O/c1-19-12-13-20(2)25(16-19)30-18-22(17-26(30)31)27-28-23-10-6-7-11-24(23)29(27)15-14-21-8-4-3-5-9-21/h3-13,16,22H,14-15,17-18H2,1-2H3. The SMILES string of the molecule is Cc1ccc(C)c(N2CC(c3nc4ccccc4n3CCc3ccccc3)CC2=O)c1. The van der Waals surface area contributed by atoms with Gasteiger partial charge in [0.05, 0.1) is 11.0 Å². The van der Waals surface area contributed by atoms with E-state index in [0.29, 0.717) is 13.0 Å². The highest BCUT2D eigenvalue weighted by Crippen LogP contribution is 2.35. The van der Waals surface area contributed by atoms with E-state index in [4.69, 9.17) is 4.98 Å². The Kier molecular flexibility index (Phi) is 5.06. The number of carbonyl (C=O) groups excluding carboxylic acids is 1. The van der Waals surface area contributed by atoms with Crippen molar-refractivity contribution in [2.75, 3.05) is 11.4 Å². The molecule has 0 saturated carbocycles. The summed E-state index contributed by atoms with van der Waals surface area (Å²) in [6.07, 6.45) is 1.44. The van der Waals surface area contributed by atoms with Crippen LogP contribution in [0.5, 0.6) is 0 Å². The van der Waals surface area contributed by atoms with Crippen LogP contribution in [0, 0.1) is 13.8 Å². The Morgan fingerprint density at radius 3 is 2.58 bits per heavy atom. The van der Waals surface area contributed by atoms with Crippen molar-refractivity contribution in [2.45, 2.75) is 39.2 Å². The summed E-state index contributed by atoms with van der Waals surface area (Å²) >= 11 is 0. The van der Waals surface area contributed by atoms with Crippen molar-refractivity contribution in [3.63, 3.8) is 0 Å². The molecule has 1 amide bonds. The zero-order valence-electron chi connectivity index (χ0n) is 18.1. The Bertz CT molecular complexity index is 1240. The molecule has 1 aromatic heterocycles. The molecule has 0 N–H and O–H groups in total. The first-order valence-electron chi connectivity index (χ1n) is 11.0. The highest BCUT2D eigenvalue weighted by Gasteiger charge is 2.35. The molecule has 0 radical (unpaired) electrons. The van der Waals surface area contributed by atoms with Crippen molar-refractivity contribution in [1.82, 2.24) is 9.55 Å². The van der Waals surface area contributed by atoms with Crippen LogP contribution in [0.25, 0.3) is 11.0 Å². The molecular weight excluding hydrogens is 382 g/mol. The lowest BCUT2D eigenvalue weighted by atomic mass is 10.1. The molecule has 4 nitrogen and oxygen atoms in total. The van der Waals surface area contributed by atoms with Crippen LogP contribution in [0.3, 0.4) is 0 Å². The molecule has 3 aromatic carbocycles. The van der Waals surface area contributed by atoms with Crippen LogP contribution in [0.1, 0.15) is 34.9 Å². The van der Waals surface area contributed by atoms with Crippen LogP contribution in [0.4, 0.5) is 5.69 Å². The molecule has 2 heterocycles. The van der Waals surface area contributed by atoms with Gasteiger partial charge in [0.1, 0.15) is 5.82 Å². The number of para-hydroxylation sites is 2. The topological polar surface area (TPSA) is 38.1 Å². The Balaban J connectivity index is 1.48. The first kappa shape index (κ1) is 19.6. The third kappa shape index (κ3) is 3.74. The van der Waals surface area contributed by atoms with Gasteiger partial charge >= 0.3 is 0 Å². The number of imidazole rings is 1. The van der Waals surface area contributed by atoms with Crippen LogP contribution >= 0.6 is 0 Å². The van der Waals surface area contributed by atoms with E-state index >= 15 is 0 Å². The summed E-state index contributed by atoms with van der Waals surface area (Å²) in [5.74, 6) is 1.30. The highest BCUT2D eigenvalue weighted by molar-refractivity contribution is 5.97. The van der Waals surface area contributed by atoms with Gasteiger partial charge in [0.15, 0.2) is 0 Å². The maximum atomic E-state index is 13.0. The minimum atomic E-state index is 0.0931. The van der Waals surface area contributed by atoms with E-state index in [2.05, 4.69) is 79.1 Å². The van der Waals surface area contributed by atoms with E-state index in [9.17, 15) is 4.79 Å². The van der Waals surface area contributed by atoms with Crippen LogP contribution in [0.2, 0.25) is 0 Å². The molecule has 1 aliphatic rings. The molecule has 1 aliphatic heterocycles. The number of carbonyl (C=O) groups is 1. The molecule has 1 atom stereocenters. The van der Waals surface area contributed by atoms with E-state index in [1.165, 1.54) is 11.1 Å². The van der Waals surface area contributed by atoms with Gasteiger partial charge in [0.2, 0.25) is 5.91 Å². The van der Waals surface area contributed by atoms with Gasteiger partial charge < -0.3 is 9.47 Å². The molecule has 0 aliphatic carbocycles. The van der Waals surface area contributed by atoms with Gasteiger partial charge in [-0.25, -0.2) is 4.98 Å². The molecule has 31 heavy (non-hydrogen) atoms. The fraction of sp³-hybridized carbons (Fsp3) is 0.259. The summed E-state index contributed by atoms with van der Waals surface area (Å²) in [5, 5.41) is 0. The maximum absolute atomic E-state index is 13.0. The summed E-state index contributed by atoms with van der Waals surface area (Å²) in [5.41, 5.74) is 6.79. The molecular formula is C27H27N3O. The van der Waals surface area contributed by atoms with Gasteiger partial charge in [-0.05, 0) is 55.2 Å². The summed E-state index contributed by atoms with van der Waals surface area (Å²) in [7, 11) is 0. The molecule has 1 unspecified atom stereocenters. The van der Waals surface area contributed by atoms with Gasteiger partial charge in [-0.3, -0.25) is 4.79 Å². The maximum Gasteiger partial charge on any atom is 0.227 e. The predicted octanol–water partition coefficient (Wildman–Crippen LogP) is 5.42. The Morgan fingerprint density at radius 2 is 1.74 bits per heavy atom. The van der Waals surface area contributed by atoms with Gasteiger partial charge in [-0.1, -0.05) is 54.6 Å². The van der Waals surface area contributed by atoms with Crippen molar-refractivity contribution < 1.29 is 4.79 Å². The largest absolute Gasteiger partial charge is 0.327 e. The van der Waals surface area contributed by atoms with Crippen LogP contribution in [0.15, 0.2) is 72.8 Å². The zero-order chi connectivity index (χ0) is 21.4.